The smallest absolute Gasteiger partial charge is 0.319 e. The van der Waals surface area contributed by atoms with Crippen LogP contribution in [0.1, 0.15) is 18.5 Å². The summed E-state index contributed by atoms with van der Waals surface area (Å²) < 4.78 is 5.19. The second-order valence-electron chi connectivity index (χ2n) is 4.57. The Balaban J connectivity index is 1.99. The molecule has 2 aromatic carbocycles. The predicted molar refractivity (Wildman–Crippen MR) is 85.0 cm³/mol. The van der Waals surface area contributed by atoms with E-state index in [0.29, 0.717) is 16.5 Å². The van der Waals surface area contributed by atoms with Crippen molar-refractivity contribution in [3.8, 4) is 5.75 Å². The molecule has 21 heavy (non-hydrogen) atoms. The first-order chi connectivity index (χ1) is 10.1. The summed E-state index contributed by atoms with van der Waals surface area (Å²) in [6.07, 6.45) is 0. The molecule has 2 amide bonds. The van der Waals surface area contributed by atoms with E-state index in [1.807, 2.05) is 31.2 Å². The summed E-state index contributed by atoms with van der Waals surface area (Å²) in [4.78, 5) is 12.0. The predicted octanol–water partition coefficient (Wildman–Crippen LogP) is 4.23. The molecule has 2 rings (SSSR count). The molecule has 0 radical (unpaired) electrons. The van der Waals surface area contributed by atoms with E-state index in [1.54, 1.807) is 31.4 Å². The molecule has 0 bridgehead atoms. The lowest BCUT2D eigenvalue weighted by atomic mass is 10.1. The van der Waals surface area contributed by atoms with Gasteiger partial charge in [0.1, 0.15) is 5.75 Å². The summed E-state index contributed by atoms with van der Waals surface area (Å²) >= 11 is 5.85. The van der Waals surface area contributed by atoms with Crippen molar-refractivity contribution in [2.45, 2.75) is 13.0 Å². The number of halogens is 1. The fourth-order valence-corrected chi connectivity index (χ4v) is 2.06. The van der Waals surface area contributed by atoms with Crippen LogP contribution < -0.4 is 15.4 Å². The van der Waals surface area contributed by atoms with Gasteiger partial charge in [0.05, 0.1) is 18.8 Å². The third kappa shape index (κ3) is 4.13. The summed E-state index contributed by atoms with van der Waals surface area (Å²) in [6, 6.07) is 14.2. The molecule has 0 saturated carbocycles. The summed E-state index contributed by atoms with van der Waals surface area (Å²) in [5.41, 5.74) is 1.61. The molecule has 0 aliphatic heterocycles. The van der Waals surface area contributed by atoms with E-state index in [0.717, 1.165) is 5.56 Å². The van der Waals surface area contributed by atoms with E-state index >= 15 is 0 Å². The maximum absolute atomic E-state index is 12.0. The average molecular weight is 305 g/mol. The average Bonchev–Trinajstić information content (AvgIpc) is 2.48. The Hall–Kier alpha value is -2.20. The fourth-order valence-electron chi connectivity index (χ4n) is 1.94. The van der Waals surface area contributed by atoms with Crippen molar-refractivity contribution in [3.63, 3.8) is 0 Å². The molecule has 0 spiro atoms. The first kappa shape index (κ1) is 15.2. The highest BCUT2D eigenvalue weighted by Crippen LogP contribution is 2.23. The standard InChI is InChI=1S/C16H17ClN2O2/c1-11(12-7-9-13(17)10-8-12)18-16(20)19-14-5-3-4-6-15(14)21-2/h3-11H,1-2H3,(H2,18,19,20). The van der Waals surface area contributed by atoms with Gasteiger partial charge in [0.2, 0.25) is 0 Å². The number of para-hydroxylation sites is 2. The zero-order valence-corrected chi connectivity index (χ0v) is 12.6. The van der Waals surface area contributed by atoms with Crippen molar-refractivity contribution in [2.24, 2.45) is 0 Å². The zero-order chi connectivity index (χ0) is 15.2. The highest BCUT2D eigenvalue weighted by atomic mass is 35.5. The van der Waals surface area contributed by atoms with Crippen molar-refractivity contribution in [2.75, 3.05) is 12.4 Å². The Morgan fingerprint density at radius 1 is 1.14 bits per heavy atom. The molecule has 110 valence electrons. The van der Waals surface area contributed by atoms with Gasteiger partial charge >= 0.3 is 6.03 Å². The minimum atomic E-state index is -0.290. The molecule has 2 N–H and O–H groups in total. The van der Waals surface area contributed by atoms with Crippen LogP contribution in [0.15, 0.2) is 48.5 Å². The van der Waals surface area contributed by atoms with E-state index in [-0.39, 0.29) is 12.1 Å². The number of benzene rings is 2. The zero-order valence-electron chi connectivity index (χ0n) is 11.9. The summed E-state index contributed by atoms with van der Waals surface area (Å²) in [5.74, 6) is 0.617. The van der Waals surface area contributed by atoms with Gasteiger partial charge in [-0.2, -0.15) is 0 Å². The molecule has 0 fully saturated rings. The molecule has 2 aromatic rings. The number of nitrogens with one attached hydrogen (secondary N) is 2. The van der Waals surface area contributed by atoms with Gasteiger partial charge in [-0.25, -0.2) is 4.79 Å². The van der Waals surface area contributed by atoms with E-state index in [4.69, 9.17) is 16.3 Å². The van der Waals surface area contributed by atoms with Gasteiger partial charge in [-0.15, -0.1) is 0 Å². The van der Waals surface area contributed by atoms with Gasteiger partial charge in [0.15, 0.2) is 0 Å². The van der Waals surface area contributed by atoms with Crippen molar-refractivity contribution in [3.05, 3.63) is 59.1 Å². The van der Waals surface area contributed by atoms with Gasteiger partial charge in [-0.1, -0.05) is 35.9 Å². The van der Waals surface area contributed by atoms with Gasteiger partial charge in [-0.3, -0.25) is 0 Å². The van der Waals surface area contributed by atoms with Crippen LogP contribution in [0.25, 0.3) is 0 Å². The Bertz CT molecular complexity index is 614. The van der Waals surface area contributed by atoms with E-state index in [9.17, 15) is 4.79 Å². The summed E-state index contributed by atoms with van der Waals surface area (Å²) in [5, 5.41) is 6.31. The molecular weight excluding hydrogens is 288 g/mol. The lowest BCUT2D eigenvalue weighted by Crippen LogP contribution is -2.31. The molecule has 0 aromatic heterocycles. The molecule has 0 aliphatic carbocycles. The Kier molecular flexibility index (Phi) is 5.06. The molecule has 0 aliphatic rings. The first-order valence-corrected chi connectivity index (χ1v) is 6.94. The van der Waals surface area contributed by atoms with Crippen molar-refractivity contribution < 1.29 is 9.53 Å². The quantitative estimate of drug-likeness (QED) is 0.888. The van der Waals surface area contributed by atoms with Crippen LogP contribution in [0.2, 0.25) is 5.02 Å². The van der Waals surface area contributed by atoms with Crippen molar-refractivity contribution in [1.29, 1.82) is 0 Å². The Morgan fingerprint density at radius 2 is 1.81 bits per heavy atom. The number of hydrogen-bond donors (Lipinski definition) is 2. The van der Waals surface area contributed by atoms with E-state index < -0.39 is 0 Å². The number of anilines is 1. The molecule has 0 saturated heterocycles. The number of amides is 2. The highest BCUT2D eigenvalue weighted by Gasteiger charge is 2.11. The number of rotatable bonds is 4. The number of carbonyl (C=O) groups excluding carboxylic acids is 1. The van der Waals surface area contributed by atoms with Crippen molar-refractivity contribution in [1.82, 2.24) is 5.32 Å². The van der Waals surface area contributed by atoms with Crippen molar-refractivity contribution >= 4 is 23.3 Å². The van der Waals surface area contributed by atoms with Gasteiger partial charge < -0.3 is 15.4 Å². The van der Waals surface area contributed by atoms with Crippen LogP contribution >= 0.6 is 11.6 Å². The maximum atomic E-state index is 12.0. The number of methoxy groups -OCH3 is 1. The number of urea groups is 1. The van der Waals surface area contributed by atoms with Crippen LogP contribution in [-0.2, 0) is 0 Å². The van der Waals surface area contributed by atoms with Crippen LogP contribution in [0.3, 0.4) is 0 Å². The molecule has 4 nitrogen and oxygen atoms in total. The minimum Gasteiger partial charge on any atom is -0.495 e. The molecule has 1 atom stereocenters. The topological polar surface area (TPSA) is 50.4 Å². The third-order valence-electron chi connectivity index (χ3n) is 3.07. The van der Waals surface area contributed by atoms with Gasteiger partial charge in [0.25, 0.3) is 0 Å². The van der Waals surface area contributed by atoms with Crippen LogP contribution in [-0.4, -0.2) is 13.1 Å². The van der Waals surface area contributed by atoms with E-state index in [2.05, 4.69) is 10.6 Å². The number of ether oxygens (including phenoxy) is 1. The lowest BCUT2D eigenvalue weighted by molar-refractivity contribution is 0.249. The molecule has 1 unspecified atom stereocenters. The lowest BCUT2D eigenvalue weighted by Gasteiger charge is -2.16. The summed E-state index contributed by atoms with van der Waals surface area (Å²) in [6.45, 7) is 1.91. The first-order valence-electron chi connectivity index (χ1n) is 6.56. The largest absolute Gasteiger partial charge is 0.495 e. The molecular formula is C16H17ClN2O2. The highest BCUT2D eigenvalue weighted by molar-refractivity contribution is 6.30. The monoisotopic (exact) mass is 304 g/mol. The molecule has 0 heterocycles. The normalized spacial score (nSPS) is 11.6. The van der Waals surface area contributed by atoms with Crippen LogP contribution in [0.5, 0.6) is 5.75 Å². The Morgan fingerprint density at radius 3 is 2.48 bits per heavy atom. The second-order valence-corrected chi connectivity index (χ2v) is 5.01. The van der Waals surface area contributed by atoms with E-state index in [1.165, 1.54) is 0 Å². The molecule has 5 heteroatoms. The number of hydrogen-bond acceptors (Lipinski definition) is 2. The Labute approximate surface area is 129 Å². The summed E-state index contributed by atoms with van der Waals surface area (Å²) in [7, 11) is 1.56. The number of carbonyl (C=O) groups is 1. The van der Waals surface area contributed by atoms with Gasteiger partial charge in [0, 0.05) is 5.02 Å². The van der Waals surface area contributed by atoms with Gasteiger partial charge in [-0.05, 0) is 36.8 Å². The minimum absolute atomic E-state index is 0.128. The second kappa shape index (κ2) is 6.99. The fraction of sp³-hybridized carbons (Fsp3) is 0.188. The SMILES string of the molecule is COc1ccccc1NC(=O)NC(C)c1ccc(Cl)cc1. The third-order valence-corrected chi connectivity index (χ3v) is 3.32. The van der Waals surface area contributed by atoms with Crippen LogP contribution in [0, 0.1) is 0 Å². The van der Waals surface area contributed by atoms with Crippen LogP contribution in [0.4, 0.5) is 10.5 Å². The maximum Gasteiger partial charge on any atom is 0.319 e.